The molecule has 0 saturated heterocycles. The molecule has 1 aromatic heterocycles. The number of hydrogen-bond acceptors (Lipinski definition) is 7. The van der Waals surface area contributed by atoms with Gasteiger partial charge in [0.15, 0.2) is 11.5 Å². The van der Waals surface area contributed by atoms with Crippen molar-refractivity contribution >= 4 is 22.2 Å². The minimum absolute atomic E-state index is 0.133. The molecule has 88 valence electrons. The zero-order valence-electron chi connectivity index (χ0n) is 8.61. The third kappa shape index (κ3) is 2.77. The fraction of sp³-hybridized carbons (Fsp3) is 0.100. The Morgan fingerprint density at radius 3 is 2.65 bits per heavy atom. The van der Waals surface area contributed by atoms with Gasteiger partial charge in [-0.15, -0.1) is 21.6 Å². The number of aliphatic hydroxyl groups is 1. The number of nitrogens with zero attached hydrogens (tertiary/aromatic N) is 3. The van der Waals surface area contributed by atoms with Gasteiger partial charge in [0.1, 0.15) is 0 Å². The number of aromatic hydroxyl groups is 2. The van der Waals surface area contributed by atoms with E-state index < -0.39 is 0 Å². The van der Waals surface area contributed by atoms with E-state index in [2.05, 4.69) is 15.2 Å². The Hall–Kier alpha value is -1.99. The van der Waals surface area contributed by atoms with Crippen LogP contribution in [0.4, 0.5) is 10.8 Å². The highest BCUT2D eigenvalue weighted by Crippen LogP contribution is 2.30. The van der Waals surface area contributed by atoms with E-state index >= 15 is 0 Å². The normalized spacial score (nSPS) is 11.1. The highest BCUT2D eigenvalue weighted by atomic mass is 32.1. The predicted molar refractivity (Wildman–Crippen MR) is 62.0 cm³/mol. The largest absolute Gasteiger partial charge is 0.504 e. The van der Waals surface area contributed by atoms with Crippen LogP contribution in [0.1, 0.15) is 5.69 Å². The number of phenolic OH excluding ortho intramolecular Hbond substituents is 2. The molecule has 2 aromatic rings. The molecule has 0 aliphatic heterocycles. The van der Waals surface area contributed by atoms with Gasteiger partial charge in [-0.1, -0.05) is 0 Å². The lowest BCUT2D eigenvalue weighted by Crippen LogP contribution is -1.78. The molecule has 6 nitrogen and oxygen atoms in total. The van der Waals surface area contributed by atoms with Gasteiger partial charge in [-0.2, -0.15) is 0 Å². The number of rotatable bonds is 3. The van der Waals surface area contributed by atoms with Crippen LogP contribution in [0, 0.1) is 0 Å². The van der Waals surface area contributed by atoms with Crippen molar-refractivity contribution in [3.05, 3.63) is 29.3 Å². The predicted octanol–water partition coefficient (Wildman–Crippen LogP) is 2.46. The number of aliphatic hydroxyl groups excluding tert-OH is 1. The van der Waals surface area contributed by atoms with Gasteiger partial charge in [-0.25, -0.2) is 4.98 Å². The third-order valence-corrected chi connectivity index (χ3v) is 2.69. The molecule has 7 heteroatoms. The summed E-state index contributed by atoms with van der Waals surface area (Å²) in [5.74, 6) is -0.461. The van der Waals surface area contributed by atoms with Crippen LogP contribution in [0.5, 0.6) is 11.5 Å². The molecule has 3 N–H and O–H groups in total. The van der Waals surface area contributed by atoms with Crippen LogP contribution in [0.2, 0.25) is 0 Å². The first kappa shape index (κ1) is 11.5. The van der Waals surface area contributed by atoms with E-state index in [1.807, 2.05) is 0 Å². The lowest BCUT2D eigenvalue weighted by molar-refractivity contribution is 0.278. The standard InChI is InChI=1S/C10H9N3O3S/c14-4-7-5-17-10(11-7)13-12-6-1-2-8(15)9(16)3-6/h1-3,5,14-16H,4H2. The molecular weight excluding hydrogens is 242 g/mol. The first-order valence-electron chi connectivity index (χ1n) is 4.68. The van der Waals surface area contributed by atoms with E-state index in [0.29, 0.717) is 16.5 Å². The highest BCUT2D eigenvalue weighted by molar-refractivity contribution is 7.13. The average molecular weight is 251 g/mol. The van der Waals surface area contributed by atoms with E-state index in [1.54, 1.807) is 5.38 Å². The summed E-state index contributed by atoms with van der Waals surface area (Å²) in [5.41, 5.74) is 0.943. The topological polar surface area (TPSA) is 98.3 Å². The Morgan fingerprint density at radius 1 is 1.18 bits per heavy atom. The first-order chi connectivity index (χ1) is 8.19. The summed E-state index contributed by atoms with van der Waals surface area (Å²) in [6, 6.07) is 4.13. The highest BCUT2D eigenvalue weighted by Gasteiger charge is 2.01. The maximum atomic E-state index is 9.24. The maximum Gasteiger partial charge on any atom is 0.230 e. The Bertz CT molecular complexity index is 553. The van der Waals surface area contributed by atoms with E-state index in [1.165, 1.54) is 29.5 Å². The molecule has 0 fully saturated rings. The van der Waals surface area contributed by atoms with Gasteiger partial charge in [0.25, 0.3) is 0 Å². The summed E-state index contributed by atoms with van der Waals surface area (Å²) >= 11 is 1.26. The van der Waals surface area contributed by atoms with Crippen molar-refractivity contribution in [1.29, 1.82) is 0 Å². The number of benzene rings is 1. The van der Waals surface area contributed by atoms with Gasteiger partial charge >= 0.3 is 0 Å². The van der Waals surface area contributed by atoms with Crippen LogP contribution in [0.25, 0.3) is 0 Å². The summed E-state index contributed by atoms with van der Waals surface area (Å²) in [4.78, 5) is 3.98. The second-order valence-corrected chi connectivity index (χ2v) is 3.99. The van der Waals surface area contributed by atoms with Gasteiger partial charge in [0.05, 0.1) is 18.0 Å². The fourth-order valence-corrected chi connectivity index (χ4v) is 1.72. The minimum Gasteiger partial charge on any atom is -0.504 e. The molecule has 1 heterocycles. The van der Waals surface area contributed by atoms with Crippen LogP contribution in [0.3, 0.4) is 0 Å². The minimum atomic E-state index is -0.253. The summed E-state index contributed by atoms with van der Waals surface area (Å²) in [6.07, 6.45) is 0. The molecule has 0 aliphatic carbocycles. The zero-order chi connectivity index (χ0) is 12.3. The number of thiazole rings is 1. The SMILES string of the molecule is OCc1csc(N=Nc2ccc(O)c(O)c2)n1. The Kier molecular flexibility index (Phi) is 3.31. The summed E-state index contributed by atoms with van der Waals surface area (Å²) < 4.78 is 0. The molecule has 1 aromatic carbocycles. The van der Waals surface area contributed by atoms with Crippen molar-refractivity contribution in [2.24, 2.45) is 10.2 Å². The molecule has 0 radical (unpaired) electrons. The van der Waals surface area contributed by atoms with Crippen molar-refractivity contribution in [1.82, 2.24) is 4.98 Å². The van der Waals surface area contributed by atoms with Crippen molar-refractivity contribution in [3.8, 4) is 11.5 Å². The van der Waals surface area contributed by atoms with Gasteiger partial charge in [-0.3, -0.25) is 0 Å². The molecular formula is C10H9N3O3S. The molecule has 0 unspecified atom stereocenters. The van der Waals surface area contributed by atoms with Crippen molar-refractivity contribution < 1.29 is 15.3 Å². The van der Waals surface area contributed by atoms with E-state index in [-0.39, 0.29) is 18.1 Å². The number of hydrogen-bond donors (Lipinski definition) is 3. The molecule has 17 heavy (non-hydrogen) atoms. The molecule has 0 amide bonds. The van der Waals surface area contributed by atoms with Crippen LogP contribution >= 0.6 is 11.3 Å². The van der Waals surface area contributed by atoms with Crippen LogP contribution < -0.4 is 0 Å². The third-order valence-electron chi connectivity index (χ3n) is 1.91. The van der Waals surface area contributed by atoms with Gasteiger partial charge in [0.2, 0.25) is 5.13 Å². The van der Waals surface area contributed by atoms with Gasteiger partial charge in [-0.05, 0) is 12.1 Å². The van der Waals surface area contributed by atoms with E-state index in [0.717, 1.165) is 0 Å². The smallest absolute Gasteiger partial charge is 0.230 e. The van der Waals surface area contributed by atoms with Crippen LogP contribution in [-0.2, 0) is 6.61 Å². The lowest BCUT2D eigenvalue weighted by Gasteiger charge is -1.96. The number of aromatic nitrogens is 1. The fourth-order valence-electron chi connectivity index (χ4n) is 1.09. The Balaban J connectivity index is 2.16. The summed E-state index contributed by atoms with van der Waals surface area (Å²) in [6.45, 7) is -0.133. The lowest BCUT2D eigenvalue weighted by atomic mass is 10.3. The van der Waals surface area contributed by atoms with Crippen molar-refractivity contribution in [3.63, 3.8) is 0 Å². The molecule has 0 aliphatic rings. The summed E-state index contributed by atoms with van der Waals surface area (Å²) in [7, 11) is 0. The van der Waals surface area contributed by atoms with Crippen LogP contribution in [0.15, 0.2) is 33.8 Å². The quantitative estimate of drug-likeness (QED) is 0.576. The second kappa shape index (κ2) is 4.89. The Morgan fingerprint density at radius 2 is 2.00 bits per heavy atom. The zero-order valence-corrected chi connectivity index (χ0v) is 9.42. The van der Waals surface area contributed by atoms with Crippen molar-refractivity contribution in [2.75, 3.05) is 0 Å². The van der Waals surface area contributed by atoms with Gasteiger partial charge in [0, 0.05) is 11.4 Å². The summed E-state index contributed by atoms with van der Waals surface area (Å²) in [5, 5.41) is 37.0. The molecule has 0 atom stereocenters. The second-order valence-electron chi connectivity index (χ2n) is 3.15. The monoisotopic (exact) mass is 251 g/mol. The van der Waals surface area contributed by atoms with Crippen molar-refractivity contribution in [2.45, 2.75) is 6.61 Å². The molecule has 0 saturated carbocycles. The average Bonchev–Trinajstić information content (AvgIpc) is 2.79. The maximum absolute atomic E-state index is 9.24. The Labute approximate surface area is 101 Å². The molecule has 0 spiro atoms. The van der Waals surface area contributed by atoms with E-state index in [9.17, 15) is 5.11 Å². The van der Waals surface area contributed by atoms with Crippen LogP contribution in [-0.4, -0.2) is 20.3 Å². The first-order valence-corrected chi connectivity index (χ1v) is 5.56. The van der Waals surface area contributed by atoms with E-state index in [4.69, 9.17) is 10.2 Å². The molecule has 2 rings (SSSR count). The number of azo groups is 1. The van der Waals surface area contributed by atoms with Gasteiger partial charge < -0.3 is 15.3 Å². The number of phenols is 2. The molecule has 0 bridgehead atoms.